The first-order valence-electron chi connectivity index (χ1n) is 6.42. The molecule has 0 saturated carbocycles. The van der Waals surface area contributed by atoms with Gasteiger partial charge in [-0.15, -0.1) is 5.10 Å². The van der Waals surface area contributed by atoms with Crippen molar-refractivity contribution < 1.29 is 4.39 Å². The molecule has 2 aromatic rings. The zero-order valence-corrected chi connectivity index (χ0v) is 11.5. The Hall–Kier alpha value is -1.75. The maximum Gasteiger partial charge on any atom is 0.123 e. The van der Waals surface area contributed by atoms with E-state index in [0.717, 1.165) is 16.8 Å². The SMILES string of the molecule is Cc1ccc(F)cc1Cn1cc(CNC(C)C)nn1. The molecule has 102 valence electrons. The number of hydrogen-bond acceptors (Lipinski definition) is 3. The van der Waals surface area contributed by atoms with Crippen molar-refractivity contribution in [1.82, 2.24) is 20.3 Å². The van der Waals surface area contributed by atoms with Crippen molar-refractivity contribution in [3.8, 4) is 0 Å². The minimum atomic E-state index is -0.220. The van der Waals surface area contributed by atoms with Gasteiger partial charge in [0.1, 0.15) is 5.82 Å². The van der Waals surface area contributed by atoms with E-state index in [4.69, 9.17) is 0 Å². The van der Waals surface area contributed by atoms with Gasteiger partial charge in [0, 0.05) is 12.6 Å². The molecule has 5 heteroatoms. The van der Waals surface area contributed by atoms with E-state index in [0.29, 0.717) is 19.1 Å². The summed E-state index contributed by atoms with van der Waals surface area (Å²) in [5.74, 6) is -0.220. The number of aryl methyl sites for hydroxylation is 1. The molecule has 2 rings (SSSR count). The molecular weight excluding hydrogens is 243 g/mol. The molecule has 0 aliphatic rings. The molecule has 0 aliphatic carbocycles. The standard InChI is InChI=1S/C14H19FN4/c1-10(2)16-7-14-9-19(18-17-14)8-12-6-13(15)5-4-11(12)3/h4-6,9-10,16H,7-8H2,1-3H3. The van der Waals surface area contributed by atoms with Crippen molar-refractivity contribution in [3.05, 3.63) is 47.0 Å². The van der Waals surface area contributed by atoms with Gasteiger partial charge in [0.15, 0.2) is 0 Å². The van der Waals surface area contributed by atoms with Gasteiger partial charge in [-0.05, 0) is 30.2 Å². The summed E-state index contributed by atoms with van der Waals surface area (Å²) >= 11 is 0. The van der Waals surface area contributed by atoms with Gasteiger partial charge in [-0.2, -0.15) is 0 Å². The third-order valence-corrected chi connectivity index (χ3v) is 2.92. The Morgan fingerprint density at radius 3 is 2.89 bits per heavy atom. The molecule has 1 heterocycles. The van der Waals surface area contributed by atoms with Crippen LogP contribution < -0.4 is 5.32 Å². The molecule has 19 heavy (non-hydrogen) atoms. The normalized spacial score (nSPS) is 11.2. The van der Waals surface area contributed by atoms with Gasteiger partial charge < -0.3 is 5.32 Å². The smallest absolute Gasteiger partial charge is 0.123 e. The second-order valence-electron chi connectivity index (χ2n) is 5.01. The van der Waals surface area contributed by atoms with E-state index in [9.17, 15) is 4.39 Å². The Bertz CT molecular complexity index is 548. The summed E-state index contributed by atoms with van der Waals surface area (Å²) in [5, 5.41) is 11.4. The van der Waals surface area contributed by atoms with Crippen LogP contribution in [0.5, 0.6) is 0 Å². The van der Waals surface area contributed by atoms with Crippen LogP contribution in [0, 0.1) is 12.7 Å². The van der Waals surface area contributed by atoms with Gasteiger partial charge >= 0.3 is 0 Å². The lowest BCUT2D eigenvalue weighted by atomic mass is 10.1. The molecule has 0 radical (unpaired) electrons. The first-order chi connectivity index (χ1) is 9.04. The van der Waals surface area contributed by atoms with E-state index in [1.165, 1.54) is 6.07 Å². The Morgan fingerprint density at radius 2 is 2.16 bits per heavy atom. The summed E-state index contributed by atoms with van der Waals surface area (Å²) in [4.78, 5) is 0. The number of benzene rings is 1. The van der Waals surface area contributed by atoms with Crippen LogP contribution in [0.2, 0.25) is 0 Å². The van der Waals surface area contributed by atoms with Crippen LogP contribution in [0.1, 0.15) is 30.7 Å². The van der Waals surface area contributed by atoms with Crippen LogP contribution in [-0.4, -0.2) is 21.0 Å². The fraction of sp³-hybridized carbons (Fsp3) is 0.429. The Labute approximate surface area is 112 Å². The van der Waals surface area contributed by atoms with Gasteiger partial charge in [-0.3, -0.25) is 0 Å². The van der Waals surface area contributed by atoms with Crippen LogP contribution in [-0.2, 0) is 13.1 Å². The molecule has 0 saturated heterocycles. The molecule has 0 amide bonds. The lowest BCUT2D eigenvalue weighted by Gasteiger charge is -2.05. The fourth-order valence-corrected chi connectivity index (χ4v) is 1.79. The van der Waals surface area contributed by atoms with Crippen molar-refractivity contribution in [3.63, 3.8) is 0 Å². The molecule has 4 nitrogen and oxygen atoms in total. The Kier molecular flexibility index (Phi) is 4.27. The van der Waals surface area contributed by atoms with Crippen LogP contribution >= 0.6 is 0 Å². The zero-order chi connectivity index (χ0) is 13.8. The molecular formula is C14H19FN4. The molecule has 0 atom stereocenters. The Morgan fingerprint density at radius 1 is 1.37 bits per heavy atom. The van der Waals surface area contributed by atoms with Gasteiger partial charge in [0.2, 0.25) is 0 Å². The highest BCUT2D eigenvalue weighted by molar-refractivity contribution is 5.26. The summed E-state index contributed by atoms with van der Waals surface area (Å²) in [5.41, 5.74) is 2.87. The fourth-order valence-electron chi connectivity index (χ4n) is 1.79. The third kappa shape index (κ3) is 3.86. The highest BCUT2D eigenvalue weighted by Crippen LogP contribution is 2.11. The summed E-state index contributed by atoms with van der Waals surface area (Å²) in [6.07, 6.45) is 1.89. The summed E-state index contributed by atoms with van der Waals surface area (Å²) < 4.78 is 14.9. The summed E-state index contributed by atoms with van der Waals surface area (Å²) in [6, 6.07) is 5.21. The van der Waals surface area contributed by atoms with Crippen molar-refractivity contribution in [2.45, 2.75) is 39.9 Å². The zero-order valence-electron chi connectivity index (χ0n) is 11.5. The predicted octanol–water partition coefficient (Wildman–Crippen LogP) is 2.27. The number of halogens is 1. The predicted molar refractivity (Wildman–Crippen MR) is 72.2 cm³/mol. The van der Waals surface area contributed by atoms with Gasteiger partial charge in [0.25, 0.3) is 0 Å². The van der Waals surface area contributed by atoms with Crippen LogP contribution in [0.25, 0.3) is 0 Å². The maximum atomic E-state index is 13.2. The molecule has 0 aliphatic heterocycles. The average Bonchev–Trinajstić information content (AvgIpc) is 2.79. The second kappa shape index (κ2) is 5.93. The summed E-state index contributed by atoms with van der Waals surface area (Å²) in [7, 11) is 0. The van der Waals surface area contributed by atoms with E-state index in [-0.39, 0.29) is 5.82 Å². The Balaban J connectivity index is 2.05. The molecule has 0 bridgehead atoms. The lowest BCUT2D eigenvalue weighted by Crippen LogP contribution is -2.21. The quantitative estimate of drug-likeness (QED) is 0.899. The molecule has 1 N–H and O–H groups in total. The van der Waals surface area contributed by atoms with Crippen LogP contribution in [0.15, 0.2) is 24.4 Å². The summed E-state index contributed by atoms with van der Waals surface area (Å²) in [6.45, 7) is 7.37. The first kappa shape index (κ1) is 13.7. The van der Waals surface area contributed by atoms with E-state index >= 15 is 0 Å². The van der Waals surface area contributed by atoms with Crippen LogP contribution in [0.3, 0.4) is 0 Å². The van der Waals surface area contributed by atoms with Crippen LogP contribution in [0.4, 0.5) is 4.39 Å². The highest BCUT2D eigenvalue weighted by Gasteiger charge is 2.05. The monoisotopic (exact) mass is 262 g/mol. The van der Waals surface area contributed by atoms with E-state index in [2.05, 4.69) is 29.5 Å². The molecule has 0 unspecified atom stereocenters. The highest BCUT2D eigenvalue weighted by atomic mass is 19.1. The third-order valence-electron chi connectivity index (χ3n) is 2.92. The van der Waals surface area contributed by atoms with Gasteiger partial charge in [-0.1, -0.05) is 25.1 Å². The maximum absolute atomic E-state index is 13.2. The minimum Gasteiger partial charge on any atom is -0.309 e. The first-order valence-corrected chi connectivity index (χ1v) is 6.42. The van der Waals surface area contributed by atoms with Gasteiger partial charge in [0.05, 0.1) is 18.4 Å². The average molecular weight is 262 g/mol. The van der Waals surface area contributed by atoms with Crippen molar-refractivity contribution in [1.29, 1.82) is 0 Å². The molecule has 0 fully saturated rings. The number of nitrogens with one attached hydrogen (secondary N) is 1. The van der Waals surface area contributed by atoms with Crippen molar-refractivity contribution >= 4 is 0 Å². The van der Waals surface area contributed by atoms with Crippen molar-refractivity contribution in [2.75, 3.05) is 0 Å². The number of hydrogen-bond donors (Lipinski definition) is 1. The second-order valence-corrected chi connectivity index (χ2v) is 5.01. The van der Waals surface area contributed by atoms with Gasteiger partial charge in [-0.25, -0.2) is 9.07 Å². The lowest BCUT2D eigenvalue weighted by molar-refractivity contribution is 0.580. The number of nitrogens with zero attached hydrogens (tertiary/aromatic N) is 3. The topological polar surface area (TPSA) is 42.7 Å². The largest absolute Gasteiger partial charge is 0.309 e. The molecule has 0 spiro atoms. The minimum absolute atomic E-state index is 0.220. The van der Waals surface area contributed by atoms with Crippen molar-refractivity contribution in [2.24, 2.45) is 0 Å². The van der Waals surface area contributed by atoms with E-state index in [1.54, 1.807) is 16.8 Å². The molecule has 1 aromatic heterocycles. The van der Waals surface area contributed by atoms with E-state index < -0.39 is 0 Å². The number of rotatable bonds is 5. The number of aromatic nitrogens is 3. The van der Waals surface area contributed by atoms with E-state index in [1.807, 2.05) is 13.1 Å². The molecule has 1 aromatic carbocycles.